The van der Waals surface area contributed by atoms with Gasteiger partial charge in [0, 0.05) is 25.5 Å². The third-order valence-corrected chi connectivity index (χ3v) is 2.41. The number of carbonyl (C=O) groups is 1. The van der Waals surface area contributed by atoms with E-state index in [2.05, 4.69) is 15.6 Å². The van der Waals surface area contributed by atoms with E-state index < -0.39 is 0 Å². The molecular weight excluding hydrogens is 214 g/mol. The predicted molar refractivity (Wildman–Crippen MR) is 66.3 cm³/mol. The topological polar surface area (TPSA) is 56.9 Å². The average molecular weight is 229 g/mol. The van der Waals surface area contributed by atoms with Crippen molar-refractivity contribution < 1.29 is 4.79 Å². The van der Waals surface area contributed by atoms with E-state index in [-0.39, 0.29) is 6.03 Å². The normalized spacial score (nSPS) is 9.88. The molecule has 0 radical (unpaired) electrons. The van der Waals surface area contributed by atoms with Crippen LogP contribution in [-0.2, 0) is 13.1 Å². The van der Waals surface area contributed by atoms with E-state index in [0.717, 1.165) is 11.1 Å². The number of carbonyl (C=O) groups excluding carboxylic acids is 1. The van der Waals surface area contributed by atoms with Crippen LogP contribution in [0.2, 0.25) is 0 Å². The van der Waals surface area contributed by atoms with Gasteiger partial charge in [-0.1, -0.05) is 30.3 Å². The Bertz CT molecular complexity index is 451. The summed E-state index contributed by atoms with van der Waals surface area (Å²) in [5.74, 6) is 0. The molecule has 1 aromatic carbocycles. The van der Waals surface area contributed by atoms with Gasteiger partial charge in [0.05, 0.1) is 0 Å². The Balaban J connectivity index is 1.71. The van der Waals surface area contributed by atoms with Gasteiger partial charge in [-0.3, -0.25) is 0 Å². The van der Waals surface area contributed by atoms with Crippen LogP contribution in [0, 0.1) is 0 Å². The maximum atomic E-state index is 11.5. The van der Waals surface area contributed by atoms with E-state index >= 15 is 0 Å². The molecule has 0 aliphatic carbocycles. The predicted octanol–water partition coefficient (Wildman–Crippen LogP) is 2.01. The van der Waals surface area contributed by atoms with Crippen LogP contribution in [0.15, 0.2) is 48.8 Å². The SMILES string of the molecule is O=C(NCc1ccccc1)NCc1cc[nH]c1. The zero-order chi connectivity index (χ0) is 11.9. The summed E-state index contributed by atoms with van der Waals surface area (Å²) in [5.41, 5.74) is 2.14. The Kier molecular flexibility index (Phi) is 3.81. The summed E-state index contributed by atoms with van der Waals surface area (Å²) < 4.78 is 0. The van der Waals surface area contributed by atoms with Gasteiger partial charge in [-0.25, -0.2) is 4.79 Å². The van der Waals surface area contributed by atoms with Gasteiger partial charge in [0.2, 0.25) is 0 Å². The minimum Gasteiger partial charge on any atom is -0.367 e. The van der Waals surface area contributed by atoms with Crippen molar-refractivity contribution in [1.29, 1.82) is 0 Å². The number of nitrogens with one attached hydrogen (secondary N) is 3. The van der Waals surface area contributed by atoms with Crippen LogP contribution in [0.5, 0.6) is 0 Å². The van der Waals surface area contributed by atoms with Gasteiger partial charge < -0.3 is 15.6 Å². The van der Waals surface area contributed by atoms with Crippen LogP contribution < -0.4 is 10.6 Å². The van der Waals surface area contributed by atoms with Crippen molar-refractivity contribution in [2.75, 3.05) is 0 Å². The Labute approximate surface area is 100 Å². The molecule has 2 rings (SSSR count). The van der Waals surface area contributed by atoms with Crippen LogP contribution >= 0.6 is 0 Å². The van der Waals surface area contributed by atoms with Crippen molar-refractivity contribution >= 4 is 6.03 Å². The molecule has 0 bridgehead atoms. The molecule has 0 aliphatic heterocycles. The molecule has 0 saturated heterocycles. The third-order valence-electron chi connectivity index (χ3n) is 2.41. The van der Waals surface area contributed by atoms with Gasteiger partial charge in [-0.05, 0) is 17.2 Å². The highest BCUT2D eigenvalue weighted by Crippen LogP contribution is 1.97. The minimum absolute atomic E-state index is 0.157. The number of aromatic amines is 1. The first-order chi connectivity index (χ1) is 8.34. The number of aromatic nitrogens is 1. The molecule has 4 nitrogen and oxygen atoms in total. The summed E-state index contributed by atoms with van der Waals surface area (Å²) in [4.78, 5) is 14.4. The smallest absolute Gasteiger partial charge is 0.315 e. The van der Waals surface area contributed by atoms with Crippen LogP contribution in [0.4, 0.5) is 4.79 Å². The number of benzene rings is 1. The van der Waals surface area contributed by atoms with Crippen LogP contribution in [0.25, 0.3) is 0 Å². The molecule has 0 fully saturated rings. The fourth-order valence-corrected chi connectivity index (χ4v) is 1.49. The highest BCUT2D eigenvalue weighted by atomic mass is 16.2. The summed E-state index contributed by atoms with van der Waals surface area (Å²) >= 11 is 0. The second kappa shape index (κ2) is 5.75. The fraction of sp³-hybridized carbons (Fsp3) is 0.154. The molecule has 3 N–H and O–H groups in total. The lowest BCUT2D eigenvalue weighted by atomic mass is 10.2. The van der Waals surface area contributed by atoms with E-state index in [9.17, 15) is 4.79 Å². The van der Waals surface area contributed by atoms with E-state index in [0.29, 0.717) is 13.1 Å². The lowest BCUT2D eigenvalue weighted by Gasteiger charge is -2.06. The molecule has 0 unspecified atom stereocenters. The molecule has 1 aromatic heterocycles. The highest BCUT2D eigenvalue weighted by Gasteiger charge is 2.00. The lowest BCUT2D eigenvalue weighted by molar-refractivity contribution is 0.240. The lowest BCUT2D eigenvalue weighted by Crippen LogP contribution is -2.34. The van der Waals surface area contributed by atoms with Crippen LogP contribution in [0.3, 0.4) is 0 Å². The summed E-state index contributed by atoms with van der Waals surface area (Å²) in [6.45, 7) is 1.07. The Morgan fingerprint density at radius 1 is 1.00 bits per heavy atom. The van der Waals surface area contributed by atoms with Gasteiger partial charge in [0.15, 0.2) is 0 Å². The first-order valence-corrected chi connectivity index (χ1v) is 5.52. The van der Waals surface area contributed by atoms with Crippen molar-refractivity contribution in [2.24, 2.45) is 0 Å². The van der Waals surface area contributed by atoms with Crippen molar-refractivity contribution in [3.63, 3.8) is 0 Å². The number of hydrogen-bond donors (Lipinski definition) is 3. The molecule has 1 heterocycles. The van der Waals surface area contributed by atoms with Crippen molar-refractivity contribution in [3.05, 3.63) is 59.9 Å². The van der Waals surface area contributed by atoms with Crippen LogP contribution in [-0.4, -0.2) is 11.0 Å². The molecule has 0 saturated carbocycles. The molecule has 17 heavy (non-hydrogen) atoms. The molecule has 88 valence electrons. The average Bonchev–Trinajstić information content (AvgIpc) is 2.88. The third kappa shape index (κ3) is 3.68. The van der Waals surface area contributed by atoms with Crippen molar-refractivity contribution in [1.82, 2.24) is 15.6 Å². The summed E-state index contributed by atoms with van der Waals surface area (Å²) in [5, 5.41) is 5.59. The molecule has 0 aliphatic rings. The zero-order valence-electron chi connectivity index (χ0n) is 9.44. The molecule has 2 amide bonds. The van der Waals surface area contributed by atoms with E-state index in [1.54, 1.807) is 0 Å². The molecule has 4 heteroatoms. The van der Waals surface area contributed by atoms with Gasteiger partial charge >= 0.3 is 6.03 Å². The van der Waals surface area contributed by atoms with E-state index in [1.807, 2.05) is 48.8 Å². The van der Waals surface area contributed by atoms with Crippen molar-refractivity contribution in [3.8, 4) is 0 Å². The summed E-state index contributed by atoms with van der Waals surface area (Å²) in [6, 6.07) is 11.6. The zero-order valence-corrected chi connectivity index (χ0v) is 9.44. The monoisotopic (exact) mass is 229 g/mol. The highest BCUT2D eigenvalue weighted by molar-refractivity contribution is 5.73. The number of hydrogen-bond acceptors (Lipinski definition) is 1. The minimum atomic E-state index is -0.157. The Hall–Kier alpha value is -2.23. The Morgan fingerprint density at radius 2 is 1.71 bits per heavy atom. The maximum Gasteiger partial charge on any atom is 0.315 e. The summed E-state index contributed by atoms with van der Waals surface area (Å²) in [7, 11) is 0. The van der Waals surface area contributed by atoms with E-state index in [1.165, 1.54) is 0 Å². The van der Waals surface area contributed by atoms with Gasteiger partial charge in [0.1, 0.15) is 0 Å². The summed E-state index contributed by atoms with van der Waals surface area (Å²) in [6.07, 6.45) is 3.69. The fourth-order valence-electron chi connectivity index (χ4n) is 1.49. The van der Waals surface area contributed by atoms with Gasteiger partial charge in [-0.15, -0.1) is 0 Å². The molecule has 0 spiro atoms. The molecule has 2 aromatic rings. The maximum absolute atomic E-state index is 11.5. The quantitative estimate of drug-likeness (QED) is 0.738. The van der Waals surface area contributed by atoms with Crippen LogP contribution in [0.1, 0.15) is 11.1 Å². The van der Waals surface area contributed by atoms with Gasteiger partial charge in [-0.2, -0.15) is 0 Å². The van der Waals surface area contributed by atoms with Gasteiger partial charge in [0.25, 0.3) is 0 Å². The second-order valence-electron chi connectivity index (χ2n) is 3.74. The van der Waals surface area contributed by atoms with Crippen molar-refractivity contribution in [2.45, 2.75) is 13.1 Å². The number of H-pyrrole nitrogens is 1. The second-order valence-corrected chi connectivity index (χ2v) is 3.74. The molecular formula is C13H15N3O. The first kappa shape index (κ1) is 11.3. The largest absolute Gasteiger partial charge is 0.367 e. The number of urea groups is 1. The first-order valence-electron chi connectivity index (χ1n) is 5.52. The standard InChI is InChI=1S/C13H15N3O/c17-13(16-10-12-6-7-14-8-12)15-9-11-4-2-1-3-5-11/h1-8,14H,9-10H2,(H2,15,16,17). The Morgan fingerprint density at radius 3 is 2.35 bits per heavy atom. The van der Waals surface area contributed by atoms with E-state index in [4.69, 9.17) is 0 Å². The number of rotatable bonds is 4. The number of amides is 2. The molecule has 0 atom stereocenters.